The third-order valence-electron chi connectivity index (χ3n) is 22.3. The van der Waals surface area contributed by atoms with Gasteiger partial charge in [0.05, 0.1) is 93.0 Å². The van der Waals surface area contributed by atoms with Crippen molar-refractivity contribution in [3.8, 4) is 34.5 Å². The molecular formula is C81H77Br3N6O16. The fourth-order valence-corrected chi connectivity index (χ4v) is 18.1. The van der Waals surface area contributed by atoms with Gasteiger partial charge in [0, 0.05) is 49.3 Å². The van der Waals surface area contributed by atoms with Crippen LogP contribution in [0.2, 0.25) is 0 Å². The molecule has 6 saturated carbocycles. The molecule has 106 heavy (non-hydrogen) atoms. The Morgan fingerprint density at radius 1 is 0.425 bits per heavy atom. The van der Waals surface area contributed by atoms with Crippen LogP contribution in [0.4, 0.5) is 0 Å². The fourth-order valence-electron chi connectivity index (χ4n) is 17.3. The van der Waals surface area contributed by atoms with Crippen molar-refractivity contribution in [1.29, 1.82) is 0 Å². The van der Waals surface area contributed by atoms with Crippen LogP contribution in [0.5, 0.6) is 34.5 Å². The summed E-state index contributed by atoms with van der Waals surface area (Å²) in [6.45, 7) is 0. The van der Waals surface area contributed by atoms with Crippen LogP contribution in [0.1, 0.15) is 106 Å². The Morgan fingerprint density at radius 2 is 0.689 bits per heavy atom. The number of aliphatic carboxylic acids is 1. The minimum atomic E-state index is -2.12. The van der Waals surface area contributed by atoms with Gasteiger partial charge in [-0.05, 0) is 108 Å². The quantitative estimate of drug-likeness (QED) is 0.0484. The van der Waals surface area contributed by atoms with E-state index in [1.54, 1.807) is 48.5 Å². The van der Waals surface area contributed by atoms with Crippen LogP contribution >= 0.6 is 47.8 Å². The zero-order chi connectivity index (χ0) is 74.4. The summed E-state index contributed by atoms with van der Waals surface area (Å²) < 4.78 is 38.9. The van der Waals surface area contributed by atoms with E-state index in [1.807, 2.05) is 115 Å². The first-order valence-corrected chi connectivity index (χ1v) is 37.3. The zero-order valence-electron chi connectivity index (χ0n) is 57.6. The van der Waals surface area contributed by atoms with Crippen LogP contribution < -0.4 is 44.8 Å². The molecule has 15 atom stereocenters. The van der Waals surface area contributed by atoms with Gasteiger partial charge >= 0.3 is 5.97 Å². The van der Waals surface area contributed by atoms with Crippen LogP contribution in [-0.4, -0.2) is 126 Å². The third kappa shape index (κ3) is 11.4. The number of fused-ring (bicyclic) bond motifs is 9. The van der Waals surface area contributed by atoms with E-state index in [1.165, 1.54) is 71.4 Å². The van der Waals surface area contributed by atoms with Gasteiger partial charge in [-0.1, -0.05) is 175 Å². The number of carbonyl (C=O) groups excluding carboxylic acids is 2. The molecule has 0 saturated heterocycles. The number of carboxylic acid groups (broad SMARTS) is 1. The van der Waals surface area contributed by atoms with E-state index in [-0.39, 0.29) is 52.5 Å². The largest absolute Gasteiger partial charge is 0.495 e. The fraction of sp³-hybridized carbons (Fsp3) is 0.333. The van der Waals surface area contributed by atoms with Crippen molar-refractivity contribution in [2.24, 2.45) is 23.5 Å². The molecule has 3 aliphatic heterocycles. The molecule has 548 valence electrons. The van der Waals surface area contributed by atoms with Crippen LogP contribution in [0.3, 0.4) is 0 Å². The summed E-state index contributed by atoms with van der Waals surface area (Å²) in [5.41, 5.74) is -0.782. The number of halogens is 3. The van der Waals surface area contributed by atoms with Crippen LogP contribution in [0.25, 0.3) is 0 Å². The molecule has 9 aliphatic rings. The zero-order valence-corrected chi connectivity index (χ0v) is 62.3. The monoisotopic (exact) mass is 1630 g/mol. The van der Waals surface area contributed by atoms with E-state index in [9.17, 15) is 50.1 Å². The number of amides is 2. The number of ether oxygens (including phenoxy) is 6. The lowest BCUT2D eigenvalue weighted by molar-refractivity contribution is -0.159. The highest BCUT2D eigenvalue weighted by Gasteiger charge is 2.81. The van der Waals surface area contributed by atoms with Gasteiger partial charge in [-0.25, -0.2) is 0 Å². The maximum atomic E-state index is 13.7. The Balaban J connectivity index is 0.000000124. The maximum Gasteiger partial charge on any atom is 0.310 e. The Kier molecular flexibility index (Phi) is 19.2. The van der Waals surface area contributed by atoms with Gasteiger partial charge in [0.2, 0.25) is 11.8 Å². The number of nitrogens with zero attached hydrogens (tertiary/aromatic N) is 3. The van der Waals surface area contributed by atoms with Crippen molar-refractivity contribution >= 4 is 65.6 Å². The van der Waals surface area contributed by atoms with Crippen molar-refractivity contribution in [2.75, 3.05) is 21.3 Å². The molecule has 25 heteroatoms. The number of carboxylic acids is 1. The molecule has 0 unspecified atom stereocenters. The Bertz CT molecular complexity index is 4580. The minimum absolute atomic E-state index is 0.0942. The van der Waals surface area contributed by atoms with Gasteiger partial charge in [-0.2, -0.15) is 0 Å². The number of aliphatic hydroxyl groups is 6. The maximum absolute atomic E-state index is 13.7. The van der Waals surface area contributed by atoms with E-state index < -0.39 is 93.4 Å². The molecule has 11 N–H and O–H groups in total. The van der Waals surface area contributed by atoms with Crippen molar-refractivity contribution in [1.82, 2.24) is 25.6 Å². The second-order valence-electron chi connectivity index (χ2n) is 28.3. The lowest BCUT2D eigenvalue weighted by Gasteiger charge is -2.40. The number of hydrogen-bond donors (Lipinski definition) is 10. The van der Waals surface area contributed by atoms with Crippen molar-refractivity contribution in [3.63, 3.8) is 0 Å². The number of pyridine rings is 3. The molecule has 0 bridgehead atoms. The SMILES string of the molecule is COc1cncc2c1[C@]1(O)[C@H](O)[C@H](C(=O)NC3CC3)[C@@H](c3ccccc3)[C@]1(c1ccc(Br)cc1)O2.COc1cncc2c1[C@]1(O)[C@H](O)[C@H](C(=O)NC3CC3)[C@@H](c3ccccc3)[C@]1(c1ccc(Br)cc1)O2.COc1cncc2c1[C@]1(O)[C@H](O)[C@H](C(=O)O)[C@@H](c3ccccc3)[C@]1(c1ccc(Br)cc1)O2.NC1CC1. The molecule has 6 aliphatic carbocycles. The summed E-state index contributed by atoms with van der Waals surface area (Å²) in [6.07, 6.45) is 10.4. The molecule has 0 radical (unpaired) electrons. The predicted molar refractivity (Wildman–Crippen MR) is 397 cm³/mol. The number of aromatic nitrogens is 3. The topological polar surface area (TPSA) is 337 Å². The van der Waals surface area contributed by atoms with Crippen LogP contribution in [0.15, 0.2) is 214 Å². The number of methoxy groups -OCH3 is 3. The van der Waals surface area contributed by atoms with E-state index in [0.717, 1.165) is 50.2 Å². The highest BCUT2D eigenvalue weighted by Crippen LogP contribution is 2.73. The molecule has 9 aromatic rings. The molecule has 2 amide bonds. The van der Waals surface area contributed by atoms with Crippen molar-refractivity contribution in [2.45, 2.75) is 126 Å². The Morgan fingerprint density at radius 3 is 0.934 bits per heavy atom. The number of carbonyl (C=O) groups is 3. The summed E-state index contributed by atoms with van der Waals surface area (Å²) >= 11 is 10.4. The van der Waals surface area contributed by atoms with E-state index in [2.05, 4.69) is 73.4 Å². The van der Waals surface area contributed by atoms with Gasteiger partial charge in [-0.15, -0.1) is 0 Å². The summed E-state index contributed by atoms with van der Waals surface area (Å²) in [4.78, 5) is 52.4. The molecule has 3 aromatic heterocycles. The Hall–Kier alpha value is -8.86. The highest BCUT2D eigenvalue weighted by molar-refractivity contribution is 9.11. The lowest BCUT2D eigenvalue weighted by Crippen LogP contribution is -2.52. The number of rotatable bonds is 14. The highest BCUT2D eigenvalue weighted by atomic mass is 79.9. The lowest BCUT2D eigenvalue weighted by atomic mass is 9.70. The molecule has 6 heterocycles. The Labute approximate surface area is 635 Å². The first kappa shape index (κ1) is 72.7. The number of benzene rings is 6. The van der Waals surface area contributed by atoms with Gasteiger partial charge in [0.1, 0.15) is 52.8 Å². The first-order valence-electron chi connectivity index (χ1n) is 35.0. The molecule has 18 rings (SSSR count). The van der Waals surface area contributed by atoms with Gasteiger partial charge in [0.25, 0.3) is 0 Å². The first-order chi connectivity index (χ1) is 51.1. The molecule has 6 aromatic carbocycles. The van der Waals surface area contributed by atoms with Crippen LogP contribution in [-0.2, 0) is 48.0 Å². The number of hydrogen-bond acceptors (Lipinski definition) is 19. The summed E-state index contributed by atoms with van der Waals surface area (Å²) in [5, 5.41) is 89.3. The second kappa shape index (κ2) is 28.0. The molecule has 0 spiro atoms. The number of nitrogens with two attached hydrogens (primary N) is 1. The van der Waals surface area contributed by atoms with Gasteiger partial charge in [0.15, 0.2) is 33.6 Å². The van der Waals surface area contributed by atoms with Crippen LogP contribution in [0, 0.1) is 17.8 Å². The van der Waals surface area contributed by atoms with Crippen molar-refractivity contribution in [3.05, 3.63) is 264 Å². The standard InChI is InChI=1S/2C27H25BrN2O5.C24H20BrNO6.C3H7N/c2*1-34-19-13-29-14-20-23(19)26(33)24(31)21(25(32)30-18-11-12-18)22(15-5-3-2-4-6-15)27(26,35-20)16-7-9-17(28)10-8-16;1-31-16-11-26-12-17-20(16)23(30)21(27)18(22(28)29)19(13-5-3-2-4-6-13)24(23,32-17)14-7-9-15(25)10-8-14;4-3-1-2-3/h2*2-10,13-14,18,21-22,24,31,33H,11-12H2,1H3,(H,30,32);2-12,18-19,21,27,30H,1H3,(H,28,29);3H,1-2,4H2/t2*21-,22-,24-,26+,27+;18-,19-,21-,23+,24+;/m111./s1. The normalized spacial score (nSPS) is 30.5. The van der Waals surface area contributed by atoms with Crippen molar-refractivity contribution < 1.29 is 78.6 Å². The van der Waals surface area contributed by atoms with Gasteiger partial charge in [-0.3, -0.25) is 29.3 Å². The smallest absolute Gasteiger partial charge is 0.310 e. The number of aliphatic hydroxyl groups excluding tert-OH is 3. The van der Waals surface area contributed by atoms with E-state index >= 15 is 0 Å². The summed E-state index contributed by atoms with van der Waals surface area (Å²) in [7, 11) is 4.38. The van der Waals surface area contributed by atoms with Gasteiger partial charge < -0.3 is 80.5 Å². The molecule has 6 fully saturated rings. The number of nitrogens with one attached hydrogen (secondary N) is 2. The second-order valence-corrected chi connectivity index (χ2v) is 31.0. The average Bonchev–Trinajstić information content (AvgIpc) is 1.51. The minimum Gasteiger partial charge on any atom is -0.495 e. The average molecular weight is 1630 g/mol. The summed E-state index contributed by atoms with van der Waals surface area (Å²) in [5.74, 6) is -5.81. The molecule has 22 nitrogen and oxygen atoms in total. The predicted octanol–water partition coefficient (Wildman–Crippen LogP) is 10.1. The van der Waals surface area contributed by atoms with E-state index in [0.29, 0.717) is 50.9 Å². The summed E-state index contributed by atoms with van der Waals surface area (Å²) in [6, 6.07) is 50.6. The van der Waals surface area contributed by atoms with E-state index in [4.69, 9.17) is 34.2 Å². The molecular weight excluding hydrogens is 1550 g/mol. The third-order valence-corrected chi connectivity index (χ3v) is 23.9.